The number of carbonyl (C=O) groups excluding carboxylic acids is 3. The van der Waals surface area contributed by atoms with Crippen molar-refractivity contribution in [2.45, 2.75) is 20.3 Å². The Morgan fingerprint density at radius 1 is 1.31 bits per heavy atom. The Bertz CT molecular complexity index is 834. The van der Waals surface area contributed by atoms with E-state index in [-0.39, 0.29) is 41.1 Å². The van der Waals surface area contributed by atoms with Crippen LogP contribution in [0.2, 0.25) is 5.02 Å². The number of carbonyl (C=O) groups is 3. The van der Waals surface area contributed by atoms with Crippen LogP contribution < -0.4 is 10.2 Å². The summed E-state index contributed by atoms with van der Waals surface area (Å²) < 4.78 is 9.59. The Kier molecular flexibility index (Phi) is 6.35. The van der Waals surface area contributed by atoms with E-state index in [4.69, 9.17) is 16.1 Å². The first-order chi connectivity index (χ1) is 12.3. The maximum Gasteiger partial charge on any atom is 0.337 e. The van der Waals surface area contributed by atoms with Crippen molar-refractivity contribution in [1.82, 2.24) is 5.16 Å². The molecule has 0 unspecified atom stereocenters. The van der Waals surface area contributed by atoms with Gasteiger partial charge in [-0.15, -0.1) is 0 Å². The second-order valence-corrected chi connectivity index (χ2v) is 5.86. The molecule has 0 aliphatic carbocycles. The SMILES string of the molecule is COC(=O)c1ccc(Cl)c(NC(=O)CCN(C(C)=O)c2cc(C)on2)c1. The summed E-state index contributed by atoms with van der Waals surface area (Å²) in [7, 11) is 1.26. The van der Waals surface area contributed by atoms with Gasteiger partial charge >= 0.3 is 5.97 Å². The van der Waals surface area contributed by atoms with Gasteiger partial charge in [-0.25, -0.2) is 4.79 Å². The van der Waals surface area contributed by atoms with Gasteiger partial charge in [-0.2, -0.15) is 0 Å². The minimum Gasteiger partial charge on any atom is -0.465 e. The zero-order chi connectivity index (χ0) is 19.3. The van der Waals surface area contributed by atoms with E-state index in [1.165, 1.54) is 37.1 Å². The molecule has 1 N–H and O–H groups in total. The van der Waals surface area contributed by atoms with Crippen LogP contribution in [0.15, 0.2) is 28.8 Å². The standard InChI is InChI=1S/C17H18ClN3O5/c1-10-8-15(20-26-10)21(11(2)22)7-6-16(23)19-14-9-12(17(24)25-3)4-5-13(14)18/h4-5,8-9H,6-7H2,1-3H3,(H,19,23). The monoisotopic (exact) mass is 379 g/mol. The average Bonchev–Trinajstić information content (AvgIpc) is 3.02. The molecule has 0 saturated carbocycles. The number of rotatable bonds is 6. The van der Waals surface area contributed by atoms with Gasteiger partial charge in [0.2, 0.25) is 11.8 Å². The van der Waals surface area contributed by atoms with Crippen LogP contribution in [0, 0.1) is 6.92 Å². The van der Waals surface area contributed by atoms with Gasteiger partial charge in [-0.1, -0.05) is 16.8 Å². The number of anilines is 2. The normalized spacial score (nSPS) is 10.3. The Balaban J connectivity index is 2.04. The molecule has 26 heavy (non-hydrogen) atoms. The Labute approximate surface area is 155 Å². The highest BCUT2D eigenvalue weighted by molar-refractivity contribution is 6.33. The van der Waals surface area contributed by atoms with Crippen LogP contribution in [0.4, 0.5) is 11.5 Å². The molecule has 8 nitrogen and oxygen atoms in total. The molecule has 2 rings (SSSR count). The molecule has 0 bridgehead atoms. The lowest BCUT2D eigenvalue weighted by atomic mass is 10.2. The highest BCUT2D eigenvalue weighted by Gasteiger charge is 2.18. The summed E-state index contributed by atoms with van der Waals surface area (Å²) in [6.45, 7) is 3.19. The van der Waals surface area contributed by atoms with Crippen LogP contribution in [0.5, 0.6) is 0 Å². The molecule has 0 spiro atoms. The first-order valence-corrected chi connectivity index (χ1v) is 8.08. The van der Waals surface area contributed by atoms with Gasteiger partial charge in [0.1, 0.15) is 5.76 Å². The Morgan fingerprint density at radius 3 is 2.62 bits per heavy atom. The fraction of sp³-hybridized carbons (Fsp3) is 0.294. The molecule has 1 heterocycles. The third kappa shape index (κ3) is 4.82. The van der Waals surface area contributed by atoms with Crippen LogP contribution in [0.1, 0.15) is 29.5 Å². The molecular weight excluding hydrogens is 362 g/mol. The zero-order valence-corrected chi connectivity index (χ0v) is 15.3. The van der Waals surface area contributed by atoms with Crippen LogP contribution >= 0.6 is 11.6 Å². The molecule has 0 radical (unpaired) electrons. The van der Waals surface area contributed by atoms with Crippen LogP contribution in [-0.2, 0) is 14.3 Å². The number of benzene rings is 1. The maximum atomic E-state index is 12.2. The molecule has 138 valence electrons. The number of aromatic nitrogens is 1. The summed E-state index contributed by atoms with van der Waals surface area (Å²) in [6.07, 6.45) is 0.00423. The largest absolute Gasteiger partial charge is 0.465 e. The molecule has 0 saturated heterocycles. The van der Waals surface area contributed by atoms with E-state index in [0.717, 1.165) is 0 Å². The minimum atomic E-state index is -0.540. The highest BCUT2D eigenvalue weighted by atomic mass is 35.5. The zero-order valence-electron chi connectivity index (χ0n) is 14.5. The van der Waals surface area contributed by atoms with Crippen molar-refractivity contribution in [3.63, 3.8) is 0 Å². The maximum absolute atomic E-state index is 12.2. The number of halogens is 1. The summed E-state index contributed by atoms with van der Waals surface area (Å²) >= 11 is 6.05. The van der Waals surface area contributed by atoms with Crippen molar-refractivity contribution in [3.05, 3.63) is 40.6 Å². The quantitative estimate of drug-likeness (QED) is 0.774. The van der Waals surface area contributed by atoms with Crippen molar-refractivity contribution in [2.24, 2.45) is 0 Å². The lowest BCUT2D eigenvalue weighted by Gasteiger charge is -2.17. The van der Waals surface area contributed by atoms with E-state index in [2.05, 4.69) is 15.2 Å². The molecule has 0 aliphatic heterocycles. The van der Waals surface area contributed by atoms with Gasteiger partial charge in [0.05, 0.1) is 23.4 Å². The molecule has 1 aromatic carbocycles. The first kappa shape index (κ1) is 19.5. The van der Waals surface area contributed by atoms with E-state index >= 15 is 0 Å². The van der Waals surface area contributed by atoms with Gasteiger partial charge in [-0.3, -0.25) is 14.5 Å². The fourth-order valence-electron chi connectivity index (χ4n) is 2.21. The van der Waals surface area contributed by atoms with Crippen molar-refractivity contribution < 1.29 is 23.6 Å². The molecule has 2 aromatic rings. The number of methoxy groups -OCH3 is 1. The number of amides is 2. The van der Waals surface area contributed by atoms with E-state index in [1.54, 1.807) is 13.0 Å². The number of nitrogens with zero attached hydrogens (tertiary/aromatic N) is 2. The predicted octanol–water partition coefficient (Wildman–Crippen LogP) is 2.80. The summed E-state index contributed by atoms with van der Waals surface area (Å²) in [5.41, 5.74) is 0.543. The second kappa shape index (κ2) is 8.48. The van der Waals surface area contributed by atoms with Gasteiger partial charge in [0.15, 0.2) is 5.82 Å². The first-order valence-electron chi connectivity index (χ1n) is 7.71. The van der Waals surface area contributed by atoms with Crippen LogP contribution in [-0.4, -0.2) is 36.6 Å². The van der Waals surface area contributed by atoms with E-state index in [0.29, 0.717) is 11.6 Å². The van der Waals surface area contributed by atoms with Crippen molar-refractivity contribution in [3.8, 4) is 0 Å². The third-order valence-corrected chi connectivity index (χ3v) is 3.83. The summed E-state index contributed by atoms with van der Waals surface area (Å²) in [5, 5.41) is 6.68. The number of hydrogen-bond acceptors (Lipinski definition) is 6. The van der Waals surface area contributed by atoms with Gasteiger partial charge in [0.25, 0.3) is 0 Å². The van der Waals surface area contributed by atoms with E-state index in [9.17, 15) is 14.4 Å². The molecule has 0 fully saturated rings. The van der Waals surface area contributed by atoms with Crippen molar-refractivity contribution in [2.75, 3.05) is 23.9 Å². The van der Waals surface area contributed by atoms with Gasteiger partial charge in [0, 0.05) is 26.0 Å². The Hall–Kier alpha value is -2.87. The summed E-state index contributed by atoms with van der Waals surface area (Å²) in [6, 6.07) is 6.02. The summed E-state index contributed by atoms with van der Waals surface area (Å²) in [5.74, 6) is -0.283. The lowest BCUT2D eigenvalue weighted by Crippen LogP contribution is -2.32. The second-order valence-electron chi connectivity index (χ2n) is 5.45. The topological polar surface area (TPSA) is 102 Å². The molecule has 1 aromatic heterocycles. The smallest absolute Gasteiger partial charge is 0.337 e. The average molecular weight is 380 g/mol. The molecule has 0 aliphatic rings. The number of hydrogen-bond donors (Lipinski definition) is 1. The highest BCUT2D eigenvalue weighted by Crippen LogP contribution is 2.24. The fourth-order valence-corrected chi connectivity index (χ4v) is 2.37. The molecule has 2 amide bonds. The van der Waals surface area contributed by atoms with Crippen molar-refractivity contribution >= 4 is 40.9 Å². The number of nitrogens with one attached hydrogen (secondary N) is 1. The van der Waals surface area contributed by atoms with E-state index < -0.39 is 5.97 Å². The lowest BCUT2D eigenvalue weighted by molar-refractivity contribution is -0.117. The number of aryl methyl sites for hydroxylation is 1. The molecule has 9 heteroatoms. The minimum absolute atomic E-state index is 0.00423. The van der Waals surface area contributed by atoms with Crippen molar-refractivity contribution in [1.29, 1.82) is 0 Å². The van der Waals surface area contributed by atoms with Gasteiger partial charge in [-0.05, 0) is 25.1 Å². The number of ether oxygens (including phenoxy) is 1. The van der Waals surface area contributed by atoms with Gasteiger partial charge < -0.3 is 14.6 Å². The molecule has 0 atom stereocenters. The van der Waals surface area contributed by atoms with E-state index in [1.807, 2.05) is 0 Å². The molecular formula is C17H18ClN3O5. The van der Waals surface area contributed by atoms with Crippen LogP contribution in [0.3, 0.4) is 0 Å². The predicted molar refractivity (Wildman–Crippen MR) is 95.3 cm³/mol. The summed E-state index contributed by atoms with van der Waals surface area (Å²) in [4.78, 5) is 36.9. The Morgan fingerprint density at radius 2 is 2.04 bits per heavy atom. The van der Waals surface area contributed by atoms with Crippen LogP contribution in [0.25, 0.3) is 0 Å². The third-order valence-electron chi connectivity index (χ3n) is 3.50. The number of esters is 1.